The van der Waals surface area contributed by atoms with E-state index in [0.717, 1.165) is 25.8 Å². The highest BCUT2D eigenvalue weighted by atomic mass is 16.3. The van der Waals surface area contributed by atoms with E-state index >= 15 is 0 Å². The lowest BCUT2D eigenvalue weighted by atomic mass is 9.89. The van der Waals surface area contributed by atoms with Gasteiger partial charge in [-0.05, 0) is 53.0 Å². The molecule has 3 unspecified atom stereocenters. The summed E-state index contributed by atoms with van der Waals surface area (Å²) in [5.41, 5.74) is -0.425. The Morgan fingerprint density at radius 2 is 2.19 bits per heavy atom. The van der Waals surface area contributed by atoms with Crippen molar-refractivity contribution in [2.24, 2.45) is 0 Å². The Hall–Kier alpha value is -0.610. The number of hydrogen-bond donors (Lipinski definition) is 3. The molecule has 1 rings (SSSR count). The largest absolute Gasteiger partial charge is 0.393 e. The molecule has 0 aromatic heterocycles. The molecular formula is C12H24N2O2. The second-order valence-corrected chi connectivity index (χ2v) is 5.18. The number of aliphatic hydroxyl groups is 1. The van der Waals surface area contributed by atoms with Crippen molar-refractivity contribution >= 4 is 5.91 Å². The van der Waals surface area contributed by atoms with E-state index in [1.807, 2.05) is 13.8 Å². The molecule has 1 saturated heterocycles. The quantitative estimate of drug-likeness (QED) is 0.667. The van der Waals surface area contributed by atoms with Crippen LogP contribution in [0.15, 0.2) is 0 Å². The van der Waals surface area contributed by atoms with Crippen molar-refractivity contribution in [3.05, 3.63) is 0 Å². The molecule has 0 bridgehead atoms. The standard InChI is InChI=1S/C12H24N2O2/c1-9(8-10(2)15)14-11(16)12(3)6-4-5-7-13-12/h9-10,13,15H,4-8H2,1-3H3,(H,14,16). The molecule has 4 heteroatoms. The van der Waals surface area contributed by atoms with Crippen LogP contribution in [0.3, 0.4) is 0 Å². The smallest absolute Gasteiger partial charge is 0.240 e. The number of amides is 1. The molecule has 0 aliphatic carbocycles. The Bertz CT molecular complexity index is 235. The normalized spacial score (nSPS) is 29.5. The van der Waals surface area contributed by atoms with E-state index in [1.165, 1.54) is 0 Å². The lowest BCUT2D eigenvalue weighted by Gasteiger charge is -2.34. The zero-order valence-corrected chi connectivity index (χ0v) is 10.5. The highest BCUT2D eigenvalue weighted by Crippen LogP contribution is 2.19. The molecule has 16 heavy (non-hydrogen) atoms. The number of nitrogens with one attached hydrogen (secondary N) is 2. The maximum absolute atomic E-state index is 12.1. The molecule has 3 atom stereocenters. The lowest BCUT2D eigenvalue weighted by molar-refractivity contribution is -0.128. The molecular weight excluding hydrogens is 204 g/mol. The molecule has 3 N–H and O–H groups in total. The summed E-state index contributed by atoms with van der Waals surface area (Å²) >= 11 is 0. The predicted molar refractivity (Wildman–Crippen MR) is 64.2 cm³/mol. The minimum Gasteiger partial charge on any atom is -0.393 e. The molecule has 1 aliphatic rings. The zero-order valence-electron chi connectivity index (χ0n) is 10.5. The summed E-state index contributed by atoms with van der Waals surface area (Å²) in [6.07, 6.45) is 3.36. The molecule has 1 amide bonds. The van der Waals surface area contributed by atoms with Crippen molar-refractivity contribution in [1.82, 2.24) is 10.6 Å². The van der Waals surface area contributed by atoms with Gasteiger partial charge in [-0.15, -0.1) is 0 Å². The van der Waals surface area contributed by atoms with Crippen LogP contribution in [0.5, 0.6) is 0 Å². The number of carbonyl (C=O) groups is 1. The maximum Gasteiger partial charge on any atom is 0.240 e. The third kappa shape index (κ3) is 3.76. The summed E-state index contributed by atoms with van der Waals surface area (Å²) in [5, 5.41) is 15.5. The van der Waals surface area contributed by atoms with Crippen LogP contribution in [0.2, 0.25) is 0 Å². The number of rotatable bonds is 4. The number of aliphatic hydroxyl groups excluding tert-OH is 1. The second-order valence-electron chi connectivity index (χ2n) is 5.18. The molecule has 0 aromatic rings. The fourth-order valence-corrected chi connectivity index (χ4v) is 2.20. The second kappa shape index (κ2) is 5.64. The fourth-order valence-electron chi connectivity index (χ4n) is 2.20. The topological polar surface area (TPSA) is 61.4 Å². The summed E-state index contributed by atoms with van der Waals surface area (Å²) in [6, 6.07) is 0.0213. The molecule has 94 valence electrons. The van der Waals surface area contributed by atoms with Gasteiger partial charge in [-0.2, -0.15) is 0 Å². The SMILES string of the molecule is CC(O)CC(C)NC(=O)C1(C)CCCCN1. The van der Waals surface area contributed by atoms with Gasteiger partial charge in [0.25, 0.3) is 0 Å². The molecule has 0 saturated carbocycles. The van der Waals surface area contributed by atoms with Crippen LogP contribution in [0, 0.1) is 0 Å². The van der Waals surface area contributed by atoms with Gasteiger partial charge in [0, 0.05) is 6.04 Å². The average Bonchev–Trinajstić information content (AvgIpc) is 2.17. The summed E-state index contributed by atoms with van der Waals surface area (Å²) in [6.45, 7) is 6.53. The molecule has 4 nitrogen and oxygen atoms in total. The van der Waals surface area contributed by atoms with E-state index in [-0.39, 0.29) is 18.1 Å². The van der Waals surface area contributed by atoms with E-state index in [2.05, 4.69) is 10.6 Å². The van der Waals surface area contributed by atoms with Crippen molar-refractivity contribution in [2.75, 3.05) is 6.54 Å². The first-order chi connectivity index (χ1) is 7.44. The minimum absolute atomic E-state index is 0.0213. The van der Waals surface area contributed by atoms with Crippen LogP contribution in [0.25, 0.3) is 0 Å². The van der Waals surface area contributed by atoms with Crippen molar-refractivity contribution in [3.63, 3.8) is 0 Å². The van der Waals surface area contributed by atoms with Gasteiger partial charge in [0.2, 0.25) is 5.91 Å². The van der Waals surface area contributed by atoms with Crippen LogP contribution in [-0.2, 0) is 4.79 Å². The Kier molecular flexibility index (Phi) is 4.74. The Morgan fingerprint density at radius 1 is 1.50 bits per heavy atom. The Balaban J connectivity index is 2.44. The van der Waals surface area contributed by atoms with Gasteiger partial charge >= 0.3 is 0 Å². The van der Waals surface area contributed by atoms with E-state index < -0.39 is 5.54 Å². The zero-order chi connectivity index (χ0) is 12.2. The molecule has 0 aromatic carbocycles. The number of piperidine rings is 1. The van der Waals surface area contributed by atoms with Crippen LogP contribution in [0.4, 0.5) is 0 Å². The third-order valence-corrected chi connectivity index (χ3v) is 3.19. The van der Waals surface area contributed by atoms with Gasteiger partial charge < -0.3 is 15.7 Å². The van der Waals surface area contributed by atoms with Gasteiger partial charge in [-0.3, -0.25) is 4.79 Å². The lowest BCUT2D eigenvalue weighted by Crippen LogP contribution is -2.58. The maximum atomic E-state index is 12.1. The highest BCUT2D eigenvalue weighted by Gasteiger charge is 2.34. The van der Waals surface area contributed by atoms with Crippen molar-refractivity contribution < 1.29 is 9.90 Å². The van der Waals surface area contributed by atoms with Gasteiger partial charge in [0.05, 0.1) is 11.6 Å². The fraction of sp³-hybridized carbons (Fsp3) is 0.917. The number of hydrogen-bond acceptors (Lipinski definition) is 3. The van der Waals surface area contributed by atoms with Crippen LogP contribution >= 0.6 is 0 Å². The van der Waals surface area contributed by atoms with Crippen LogP contribution in [0.1, 0.15) is 46.5 Å². The van der Waals surface area contributed by atoms with Crippen molar-refractivity contribution in [1.29, 1.82) is 0 Å². The van der Waals surface area contributed by atoms with Gasteiger partial charge in [0.15, 0.2) is 0 Å². The summed E-state index contributed by atoms with van der Waals surface area (Å²) in [7, 11) is 0. The average molecular weight is 228 g/mol. The summed E-state index contributed by atoms with van der Waals surface area (Å²) in [5.74, 6) is 0.0559. The van der Waals surface area contributed by atoms with Crippen LogP contribution in [-0.4, -0.2) is 35.2 Å². The summed E-state index contributed by atoms with van der Waals surface area (Å²) in [4.78, 5) is 12.1. The predicted octanol–water partition coefficient (Wildman–Crippen LogP) is 0.794. The van der Waals surface area contributed by atoms with Gasteiger partial charge in [-0.1, -0.05) is 0 Å². The van der Waals surface area contributed by atoms with Crippen molar-refractivity contribution in [3.8, 4) is 0 Å². The Labute approximate surface area is 97.8 Å². The monoisotopic (exact) mass is 228 g/mol. The van der Waals surface area contributed by atoms with E-state index in [4.69, 9.17) is 0 Å². The van der Waals surface area contributed by atoms with E-state index in [0.29, 0.717) is 6.42 Å². The molecule has 0 spiro atoms. The third-order valence-electron chi connectivity index (χ3n) is 3.19. The first-order valence-corrected chi connectivity index (χ1v) is 6.18. The molecule has 0 radical (unpaired) electrons. The van der Waals surface area contributed by atoms with Crippen molar-refractivity contribution in [2.45, 2.75) is 64.1 Å². The Morgan fingerprint density at radius 3 is 2.69 bits per heavy atom. The van der Waals surface area contributed by atoms with Gasteiger partial charge in [0.1, 0.15) is 0 Å². The first kappa shape index (κ1) is 13.5. The molecule has 1 aliphatic heterocycles. The molecule has 1 heterocycles. The van der Waals surface area contributed by atoms with E-state index in [1.54, 1.807) is 6.92 Å². The van der Waals surface area contributed by atoms with Crippen LogP contribution < -0.4 is 10.6 Å². The van der Waals surface area contributed by atoms with Gasteiger partial charge in [-0.25, -0.2) is 0 Å². The minimum atomic E-state index is -0.425. The first-order valence-electron chi connectivity index (χ1n) is 6.18. The molecule has 1 fully saturated rings. The van der Waals surface area contributed by atoms with E-state index in [9.17, 15) is 9.90 Å². The highest BCUT2D eigenvalue weighted by molar-refractivity contribution is 5.86. The number of carbonyl (C=O) groups excluding carboxylic acids is 1. The summed E-state index contributed by atoms with van der Waals surface area (Å²) < 4.78 is 0.